The van der Waals surface area contributed by atoms with Gasteiger partial charge in [-0.05, 0) is 102 Å². The first kappa shape index (κ1) is 35.7. The lowest BCUT2D eigenvalue weighted by molar-refractivity contribution is 0.0516. The summed E-state index contributed by atoms with van der Waals surface area (Å²) in [5, 5.41) is 13.0. The molecule has 0 N–H and O–H groups in total. The van der Waals surface area contributed by atoms with Crippen LogP contribution in [0, 0.1) is 0 Å². The number of hydrogen-bond acceptors (Lipinski definition) is 4. The maximum Gasteiger partial charge on any atom is 0.266 e. The molecular formula is C53H44N2O4. The van der Waals surface area contributed by atoms with Crippen molar-refractivity contribution < 1.29 is 19.2 Å². The molecule has 11 rings (SSSR count). The molecule has 6 heteroatoms. The van der Waals surface area contributed by atoms with E-state index in [9.17, 15) is 19.2 Å². The van der Waals surface area contributed by atoms with Crippen molar-refractivity contribution in [1.29, 1.82) is 0 Å². The van der Waals surface area contributed by atoms with Crippen LogP contribution < -0.4 is 4.90 Å². The smallest absolute Gasteiger partial charge is 0.266 e. The van der Waals surface area contributed by atoms with Crippen LogP contribution in [0.5, 0.6) is 0 Å². The van der Waals surface area contributed by atoms with Crippen LogP contribution >= 0.6 is 0 Å². The number of carbonyl (C=O) groups is 4. The van der Waals surface area contributed by atoms with Crippen molar-refractivity contribution in [1.82, 2.24) is 4.90 Å². The van der Waals surface area contributed by atoms with E-state index < -0.39 is 0 Å². The summed E-state index contributed by atoms with van der Waals surface area (Å²) >= 11 is 0. The molecule has 2 aliphatic heterocycles. The number of carbonyl (C=O) groups excluding carboxylic acids is 4. The lowest BCUT2D eigenvalue weighted by atomic mass is 9.81. The molecule has 0 fully saturated rings. The zero-order valence-electron chi connectivity index (χ0n) is 33.5. The van der Waals surface area contributed by atoms with Crippen LogP contribution in [0.15, 0.2) is 103 Å². The largest absolute Gasteiger partial charge is 0.271 e. The molecule has 9 aromatic rings. The van der Waals surface area contributed by atoms with Gasteiger partial charge in [-0.1, -0.05) is 138 Å². The minimum Gasteiger partial charge on any atom is -0.271 e. The van der Waals surface area contributed by atoms with Gasteiger partial charge in [0.1, 0.15) is 0 Å². The molecule has 9 aromatic carbocycles. The van der Waals surface area contributed by atoms with Crippen molar-refractivity contribution >= 4 is 105 Å². The zero-order valence-corrected chi connectivity index (χ0v) is 33.5. The Kier molecular flexibility index (Phi) is 8.23. The van der Waals surface area contributed by atoms with Gasteiger partial charge < -0.3 is 0 Å². The van der Waals surface area contributed by atoms with Gasteiger partial charge in [0.2, 0.25) is 0 Å². The van der Waals surface area contributed by atoms with E-state index in [1.54, 1.807) is 4.90 Å². The molecule has 0 unspecified atom stereocenters. The molecule has 0 aromatic heterocycles. The van der Waals surface area contributed by atoms with Crippen LogP contribution in [0.4, 0.5) is 5.69 Å². The Labute approximate surface area is 342 Å². The second kappa shape index (κ2) is 13.6. The quantitative estimate of drug-likeness (QED) is 0.0536. The Hall–Kier alpha value is -6.40. The van der Waals surface area contributed by atoms with Gasteiger partial charge in [-0.2, -0.15) is 0 Å². The Morgan fingerprint density at radius 3 is 1.31 bits per heavy atom. The molecule has 0 spiro atoms. The Balaban J connectivity index is 1.04. The number of benzene rings is 9. The van der Waals surface area contributed by atoms with Crippen molar-refractivity contribution in [2.24, 2.45) is 0 Å². The van der Waals surface area contributed by atoms with Crippen LogP contribution in [0.3, 0.4) is 0 Å². The first-order valence-corrected chi connectivity index (χ1v) is 21.5. The lowest BCUT2D eigenvalue weighted by Gasteiger charge is -2.35. The van der Waals surface area contributed by atoms with Gasteiger partial charge in [0.15, 0.2) is 0 Å². The molecule has 2 aliphatic rings. The molecule has 6 nitrogen and oxygen atoms in total. The maximum atomic E-state index is 14.8. The van der Waals surface area contributed by atoms with Gasteiger partial charge in [-0.25, -0.2) is 4.90 Å². The fourth-order valence-corrected chi connectivity index (χ4v) is 10.8. The van der Waals surface area contributed by atoms with E-state index in [4.69, 9.17) is 0 Å². The number of nitrogens with zero attached hydrogens (tertiary/aromatic N) is 2. The molecule has 0 bridgehead atoms. The fraction of sp³-hybridized carbons (Fsp3) is 0.245. The Morgan fingerprint density at radius 2 is 0.814 bits per heavy atom. The lowest BCUT2D eigenvalue weighted by Crippen LogP contribution is -2.47. The van der Waals surface area contributed by atoms with E-state index in [1.165, 1.54) is 4.90 Å². The average Bonchev–Trinajstić information content (AvgIpc) is 3.26. The van der Waals surface area contributed by atoms with E-state index in [0.29, 0.717) is 38.7 Å². The topological polar surface area (TPSA) is 74.8 Å². The monoisotopic (exact) mass is 772 g/mol. The normalized spacial score (nSPS) is 14.5. The van der Waals surface area contributed by atoms with Crippen LogP contribution in [-0.4, -0.2) is 34.6 Å². The SMILES string of the molecule is CCCCCCC(CCCCCC)N1C(=O)c2ccc3c4ccc5c6c(ccc(c7ccc(c2c37)C1=O)c64)C(=O)N(c1ccc2ccc3cccc4ccc1c2c34)C5=O. The van der Waals surface area contributed by atoms with Gasteiger partial charge in [0.25, 0.3) is 23.6 Å². The van der Waals surface area contributed by atoms with E-state index in [-0.39, 0.29) is 29.7 Å². The van der Waals surface area contributed by atoms with E-state index in [1.807, 2.05) is 66.7 Å². The molecule has 290 valence electrons. The Bertz CT molecular complexity index is 3100. The highest BCUT2D eigenvalue weighted by atomic mass is 16.2. The summed E-state index contributed by atoms with van der Waals surface area (Å²) in [5.41, 5.74) is 2.66. The van der Waals surface area contributed by atoms with Crippen LogP contribution in [0.25, 0.3) is 75.4 Å². The number of hydrogen-bond donors (Lipinski definition) is 0. The molecule has 0 aliphatic carbocycles. The van der Waals surface area contributed by atoms with E-state index >= 15 is 0 Å². The summed E-state index contributed by atoms with van der Waals surface area (Å²) in [6, 6.07) is 33.8. The molecule has 2 heterocycles. The number of anilines is 1. The van der Waals surface area contributed by atoms with E-state index in [0.717, 1.165) is 129 Å². The van der Waals surface area contributed by atoms with Crippen LogP contribution in [0.2, 0.25) is 0 Å². The summed E-state index contributed by atoms with van der Waals surface area (Å²) in [7, 11) is 0. The van der Waals surface area contributed by atoms with Crippen molar-refractivity contribution in [2.75, 3.05) is 4.90 Å². The van der Waals surface area contributed by atoms with Crippen LogP contribution in [0.1, 0.15) is 119 Å². The number of unbranched alkanes of at least 4 members (excludes halogenated alkanes) is 6. The van der Waals surface area contributed by atoms with Crippen molar-refractivity contribution in [3.05, 3.63) is 125 Å². The summed E-state index contributed by atoms with van der Waals surface area (Å²) in [6.45, 7) is 4.39. The third-order valence-corrected chi connectivity index (χ3v) is 13.6. The molecule has 4 amide bonds. The van der Waals surface area contributed by atoms with Gasteiger partial charge >= 0.3 is 0 Å². The summed E-state index contributed by atoms with van der Waals surface area (Å²) in [4.78, 5) is 61.6. The minimum absolute atomic E-state index is 0.132. The van der Waals surface area contributed by atoms with Gasteiger partial charge in [0.05, 0.1) is 5.69 Å². The van der Waals surface area contributed by atoms with Crippen LogP contribution in [-0.2, 0) is 0 Å². The summed E-state index contributed by atoms with van der Waals surface area (Å²) < 4.78 is 0. The average molecular weight is 773 g/mol. The third kappa shape index (κ3) is 5.05. The maximum absolute atomic E-state index is 14.8. The molecular weight excluding hydrogens is 729 g/mol. The molecule has 0 saturated heterocycles. The van der Waals surface area contributed by atoms with Gasteiger partial charge in [-0.15, -0.1) is 0 Å². The van der Waals surface area contributed by atoms with Crippen molar-refractivity contribution in [3.8, 4) is 0 Å². The molecule has 0 saturated carbocycles. The number of rotatable bonds is 12. The highest BCUT2D eigenvalue weighted by Crippen LogP contribution is 2.48. The number of fused-ring (bicyclic) bond motifs is 2. The highest BCUT2D eigenvalue weighted by molar-refractivity contribution is 6.44. The van der Waals surface area contributed by atoms with Crippen molar-refractivity contribution in [3.63, 3.8) is 0 Å². The predicted molar refractivity (Wildman–Crippen MR) is 241 cm³/mol. The highest BCUT2D eigenvalue weighted by Gasteiger charge is 2.40. The predicted octanol–water partition coefficient (Wildman–Crippen LogP) is 13.3. The third-order valence-electron chi connectivity index (χ3n) is 13.6. The van der Waals surface area contributed by atoms with E-state index in [2.05, 4.69) is 50.2 Å². The number of amides is 4. The van der Waals surface area contributed by atoms with Gasteiger partial charge in [0, 0.05) is 44.5 Å². The standard InChI is InChI=1S/C53H44N2O4/c1-3-5-7-9-14-33(15-10-8-6-4-2)54-50(56)39-25-21-34-36-23-27-41-49-42(28-24-37(47(36)49)35-22-26-40(51(54)57)48(39)46(34)35)53(59)55(52(41)58)43-29-19-32-17-16-30-12-11-13-31-18-20-38(43)45(32)44(30)31/h11-13,16-29,33H,3-10,14-15H2,1-2H3. The molecule has 59 heavy (non-hydrogen) atoms. The molecule has 0 atom stereocenters. The first-order chi connectivity index (χ1) is 28.9. The van der Waals surface area contributed by atoms with Crippen molar-refractivity contribution in [2.45, 2.75) is 84.1 Å². The number of imide groups is 2. The Morgan fingerprint density at radius 1 is 0.390 bits per heavy atom. The second-order valence-electron chi connectivity index (χ2n) is 16.9. The fourth-order valence-electron chi connectivity index (χ4n) is 10.8. The molecule has 0 radical (unpaired) electrons. The van der Waals surface area contributed by atoms with Gasteiger partial charge in [-0.3, -0.25) is 24.1 Å². The summed E-state index contributed by atoms with van der Waals surface area (Å²) in [5.74, 6) is -1.12. The minimum atomic E-state index is -0.354. The second-order valence-corrected chi connectivity index (χ2v) is 16.9. The zero-order chi connectivity index (χ0) is 40.1. The first-order valence-electron chi connectivity index (χ1n) is 21.5. The summed E-state index contributed by atoms with van der Waals surface area (Å²) in [6.07, 6.45) is 10.4.